The summed E-state index contributed by atoms with van der Waals surface area (Å²) in [5.74, 6) is -0.750. The third-order valence-corrected chi connectivity index (χ3v) is 5.38. The predicted octanol–water partition coefficient (Wildman–Crippen LogP) is 5.13. The summed E-state index contributed by atoms with van der Waals surface area (Å²) in [5, 5.41) is 16.0. The van der Waals surface area contributed by atoms with Gasteiger partial charge in [0.05, 0.1) is 17.6 Å². The van der Waals surface area contributed by atoms with Crippen molar-refractivity contribution in [3.05, 3.63) is 94.3 Å². The molecule has 3 rings (SSSR count). The van der Waals surface area contributed by atoms with Gasteiger partial charge in [0, 0.05) is 34.7 Å². The second-order valence-corrected chi connectivity index (χ2v) is 8.56. The number of nitriles is 1. The maximum absolute atomic E-state index is 13.7. The number of nitrogens with zero attached hydrogens (tertiary/aromatic N) is 2. The summed E-state index contributed by atoms with van der Waals surface area (Å²) < 4.78 is 0. The fourth-order valence-corrected chi connectivity index (χ4v) is 3.91. The second kappa shape index (κ2) is 11.4. The monoisotopic (exact) mass is 460 g/mol. The predicted molar refractivity (Wildman–Crippen MR) is 129 cm³/mol. The Hall–Kier alpha value is -3.53. The Bertz CT molecular complexity index is 1160. The van der Waals surface area contributed by atoms with Gasteiger partial charge in [-0.25, -0.2) is 0 Å². The van der Waals surface area contributed by atoms with Gasteiger partial charge in [-0.2, -0.15) is 5.26 Å². The van der Waals surface area contributed by atoms with E-state index >= 15 is 0 Å². The highest BCUT2D eigenvalue weighted by Gasteiger charge is 2.33. The van der Waals surface area contributed by atoms with E-state index in [9.17, 15) is 14.9 Å². The number of carbonyl (C=O) groups excluding carboxylic acids is 2. The third-order valence-electron chi connectivity index (χ3n) is 5.16. The molecule has 33 heavy (non-hydrogen) atoms. The molecule has 0 radical (unpaired) electrons. The van der Waals surface area contributed by atoms with Gasteiger partial charge in [0.2, 0.25) is 5.91 Å². The number of anilines is 1. The second-order valence-electron chi connectivity index (χ2n) is 8.12. The summed E-state index contributed by atoms with van der Waals surface area (Å²) in [7, 11) is 0. The van der Waals surface area contributed by atoms with Crippen molar-refractivity contribution < 1.29 is 9.59 Å². The number of hydrogen-bond acceptors (Lipinski definition) is 5. The molecule has 0 spiro atoms. The SMILES string of the molecule is CC(C)CNC(c1cccnc1)[C@H](C(=O)Nc1cc(Cl)cc(C#N)c1)c1ccccc1C=O. The molecule has 0 aliphatic heterocycles. The van der Waals surface area contributed by atoms with Gasteiger partial charge in [-0.3, -0.25) is 14.6 Å². The fourth-order valence-electron chi connectivity index (χ4n) is 3.67. The molecule has 1 aromatic heterocycles. The summed E-state index contributed by atoms with van der Waals surface area (Å²) in [4.78, 5) is 29.8. The van der Waals surface area contributed by atoms with Crippen molar-refractivity contribution in [2.45, 2.75) is 25.8 Å². The van der Waals surface area contributed by atoms with Crippen LogP contribution in [0.2, 0.25) is 5.02 Å². The van der Waals surface area contributed by atoms with Gasteiger partial charge in [-0.05, 0) is 47.9 Å². The number of aldehydes is 1. The zero-order valence-corrected chi connectivity index (χ0v) is 19.2. The van der Waals surface area contributed by atoms with Gasteiger partial charge in [0.15, 0.2) is 0 Å². The summed E-state index contributed by atoms with van der Waals surface area (Å²) in [6.07, 6.45) is 4.15. The molecule has 0 fully saturated rings. The summed E-state index contributed by atoms with van der Waals surface area (Å²) >= 11 is 6.13. The van der Waals surface area contributed by atoms with Crippen molar-refractivity contribution in [1.29, 1.82) is 5.26 Å². The lowest BCUT2D eigenvalue weighted by atomic mass is 9.84. The average molecular weight is 461 g/mol. The van der Waals surface area contributed by atoms with Crippen LogP contribution >= 0.6 is 11.6 Å². The molecule has 0 saturated heterocycles. The molecule has 168 valence electrons. The van der Waals surface area contributed by atoms with E-state index < -0.39 is 12.0 Å². The lowest BCUT2D eigenvalue weighted by molar-refractivity contribution is -0.118. The number of pyridine rings is 1. The molecular weight excluding hydrogens is 436 g/mol. The zero-order chi connectivity index (χ0) is 23.8. The number of rotatable bonds is 9. The van der Waals surface area contributed by atoms with Gasteiger partial charge in [-0.15, -0.1) is 0 Å². The summed E-state index contributed by atoms with van der Waals surface area (Å²) in [5.41, 5.74) is 2.60. The first-order valence-corrected chi connectivity index (χ1v) is 11.0. The molecular formula is C26H25ClN4O2. The zero-order valence-electron chi connectivity index (χ0n) is 18.5. The molecule has 0 aliphatic carbocycles. The van der Waals surface area contributed by atoms with Gasteiger partial charge >= 0.3 is 0 Å². The number of amides is 1. The van der Waals surface area contributed by atoms with Crippen LogP contribution < -0.4 is 10.6 Å². The average Bonchev–Trinajstić information content (AvgIpc) is 2.81. The van der Waals surface area contributed by atoms with Crippen molar-refractivity contribution in [2.24, 2.45) is 5.92 Å². The van der Waals surface area contributed by atoms with Crippen LogP contribution in [0.15, 0.2) is 67.0 Å². The quantitative estimate of drug-likeness (QED) is 0.432. The van der Waals surface area contributed by atoms with E-state index in [1.807, 2.05) is 18.2 Å². The minimum absolute atomic E-state index is 0.333. The fraction of sp³-hybridized carbons (Fsp3) is 0.231. The standard InChI is InChI=1S/C26H25ClN4O2/c1-17(2)14-30-25(19-7-5-9-29-15-19)24(23-8-4-3-6-20(23)16-32)26(33)31-22-11-18(13-28)10-21(27)12-22/h3-12,15-17,24-25,30H,14H2,1-2H3,(H,31,33)/t24-,25?/m1/s1. The van der Waals surface area contributed by atoms with Gasteiger partial charge in [-0.1, -0.05) is 55.8 Å². The number of carbonyl (C=O) groups is 2. The molecule has 2 atom stereocenters. The van der Waals surface area contributed by atoms with Crippen molar-refractivity contribution in [3.63, 3.8) is 0 Å². The van der Waals surface area contributed by atoms with E-state index in [0.29, 0.717) is 39.9 Å². The van der Waals surface area contributed by atoms with Crippen molar-refractivity contribution >= 4 is 29.5 Å². The Morgan fingerprint density at radius 2 is 1.97 bits per heavy atom. The molecule has 0 aliphatic rings. The van der Waals surface area contributed by atoms with Crippen LogP contribution in [0, 0.1) is 17.2 Å². The molecule has 0 saturated carbocycles. The molecule has 0 bridgehead atoms. The number of hydrogen-bond donors (Lipinski definition) is 2. The van der Waals surface area contributed by atoms with Crippen LogP contribution in [0.5, 0.6) is 0 Å². The van der Waals surface area contributed by atoms with Crippen molar-refractivity contribution in [3.8, 4) is 6.07 Å². The highest BCUT2D eigenvalue weighted by atomic mass is 35.5. The van der Waals surface area contributed by atoms with E-state index in [0.717, 1.165) is 11.8 Å². The first-order chi connectivity index (χ1) is 15.9. The number of nitrogens with one attached hydrogen (secondary N) is 2. The van der Waals surface area contributed by atoms with E-state index in [4.69, 9.17) is 11.6 Å². The Morgan fingerprint density at radius 3 is 2.64 bits per heavy atom. The molecule has 7 heteroatoms. The maximum atomic E-state index is 13.7. The van der Waals surface area contributed by atoms with E-state index in [1.165, 1.54) is 6.07 Å². The smallest absolute Gasteiger partial charge is 0.233 e. The summed E-state index contributed by atoms with van der Waals surface area (Å²) in [6, 6.07) is 17.0. The third kappa shape index (κ3) is 6.26. The van der Waals surface area contributed by atoms with Gasteiger partial charge in [0.25, 0.3) is 0 Å². The minimum Gasteiger partial charge on any atom is -0.325 e. The lowest BCUT2D eigenvalue weighted by Crippen LogP contribution is -2.36. The first kappa shape index (κ1) is 24.1. The Labute approximate surface area is 198 Å². The topological polar surface area (TPSA) is 94.9 Å². The van der Waals surface area contributed by atoms with E-state index in [2.05, 4.69) is 29.5 Å². The van der Waals surface area contributed by atoms with Gasteiger partial charge in [0.1, 0.15) is 6.29 Å². The van der Waals surface area contributed by atoms with E-state index in [1.54, 1.807) is 48.8 Å². The molecule has 1 heterocycles. The highest BCUT2D eigenvalue weighted by molar-refractivity contribution is 6.31. The Balaban J connectivity index is 2.10. The first-order valence-electron chi connectivity index (χ1n) is 10.6. The van der Waals surface area contributed by atoms with E-state index in [-0.39, 0.29) is 5.91 Å². The normalized spacial score (nSPS) is 12.6. The Morgan fingerprint density at radius 1 is 1.18 bits per heavy atom. The van der Waals surface area contributed by atoms with Crippen LogP contribution in [0.25, 0.3) is 0 Å². The molecule has 3 aromatic rings. The number of aromatic nitrogens is 1. The largest absolute Gasteiger partial charge is 0.325 e. The van der Waals surface area contributed by atoms with Gasteiger partial charge < -0.3 is 10.6 Å². The highest BCUT2D eigenvalue weighted by Crippen LogP contribution is 2.34. The van der Waals surface area contributed by atoms with Crippen LogP contribution in [0.3, 0.4) is 0 Å². The molecule has 6 nitrogen and oxygen atoms in total. The molecule has 1 amide bonds. The molecule has 2 N–H and O–H groups in total. The minimum atomic E-state index is -0.751. The van der Waals surface area contributed by atoms with Crippen LogP contribution in [-0.2, 0) is 4.79 Å². The van der Waals surface area contributed by atoms with Crippen LogP contribution in [-0.4, -0.2) is 23.7 Å². The molecule has 2 aromatic carbocycles. The van der Waals surface area contributed by atoms with Crippen molar-refractivity contribution in [2.75, 3.05) is 11.9 Å². The molecule has 1 unspecified atom stereocenters. The summed E-state index contributed by atoms with van der Waals surface area (Å²) in [6.45, 7) is 4.82. The lowest BCUT2D eigenvalue weighted by Gasteiger charge is -2.29. The van der Waals surface area contributed by atoms with Crippen LogP contribution in [0.4, 0.5) is 5.69 Å². The number of halogens is 1. The number of benzene rings is 2. The van der Waals surface area contributed by atoms with Crippen molar-refractivity contribution in [1.82, 2.24) is 10.3 Å². The Kier molecular flexibility index (Phi) is 8.31. The van der Waals surface area contributed by atoms with Crippen LogP contribution in [0.1, 0.15) is 52.9 Å². The maximum Gasteiger partial charge on any atom is 0.233 e.